The van der Waals surface area contributed by atoms with Crippen molar-refractivity contribution >= 4 is 28.3 Å². The maximum Gasteiger partial charge on any atom is 0.205 e. The first-order chi connectivity index (χ1) is 9.76. The van der Waals surface area contributed by atoms with E-state index in [0.29, 0.717) is 5.15 Å². The molecule has 5 nitrogen and oxygen atoms in total. The second-order valence-corrected chi connectivity index (χ2v) is 5.81. The fourth-order valence-corrected chi connectivity index (χ4v) is 3.17. The highest BCUT2D eigenvalue weighted by Crippen LogP contribution is 2.25. The fourth-order valence-electron chi connectivity index (χ4n) is 2.26. The number of likely N-dealkylation sites (N-methyl/N-ethyl adjacent to an activating group) is 1. The van der Waals surface area contributed by atoms with E-state index in [1.807, 2.05) is 6.07 Å². The molecule has 20 heavy (non-hydrogen) atoms. The molecule has 0 amide bonds. The molecule has 1 aliphatic heterocycles. The number of aromatic nitrogens is 3. The van der Waals surface area contributed by atoms with Crippen LogP contribution in [0.5, 0.6) is 0 Å². The van der Waals surface area contributed by atoms with Gasteiger partial charge in [0.2, 0.25) is 5.13 Å². The van der Waals surface area contributed by atoms with E-state index in [2.05, 4.69) is 31.1 Å². The van der Waals surface area contributed by atoms with Crippen LogP contribution in [0.1, 0.15) is 6.92 Å². The fraction of sp³-hybridized carbons (Fsp3) is 0.462. The Morgan fingerprint density at radius 2 is 2.10 bits per heavy atom. The van der Waals surface area contributed by atoms with Crippen molar-refractivity contribution in [2.24, 2.45) is 0 Å². The summed E-state index contributed by atoms with van der Waals surface area (Å²) < 4.78 is 4.43. The molecule has 7 heteroatoms. The van der Waals surface area contributed by atoms with E-state index in [9.17, 15) is 0 Å². The summed E-state index contributed by atoms with van der Waals surface area (Å²) in [5.41, 5.74) is 0.916. The normalized spacial score (nSPS) is 16.6. The quantitative estimate of drug-likeness (QED) is 0.815. The van der Waals surface area contributed by atoms with Crippen molar-refractivity contribution in [1.82, 2.24) is 19.2 Å². The molecular formula is C13H16ClN5S. The monoisotopic (exact) mass is 309 g/mol. The Morgan fingerprint density at radius 1 is 1.30 bits per heavy atom. The maximum atomic E-state index is 5.90. The molecule has 0 N–H and O–H groups in total. The highest BCUT2D eigenvalue weighted by Gasteiger charge is 2.19. The molecule has 0 atom stereocenters. The third kappa shape index (κ3) is 2.92. The van der Waals surface area contributed by atoms with Gasteiger partial charge in [-0.2, -0.15) is 9.36 Å². The molecule has 0 bridgehead atoms. The number of nitrogens with zero attached hydrogens (tertiary/aromatic N) is 5. The zero-order valence-corrected chi connectivity index (χ0v) is 12.9. The molecule has 2 aromatic rings. The summed E-state index contributed by atoms with van der Waals surface area (Å²) in [5.74, 6) is 0.729. The van der Waals surface area contributed by atoms with Gasteiger partial charge in [0.1, 0.15) is 5.15 Å². The molecule has 106 valence electrons. The van der Waals surface area contributed by atoms with Crippen LogP contribution in [0.15, 0.2) is 18.3 Å². The number of piperazine rings is 1. The van der Waals surface area contributed by atoms with Crippen LogP contribution in [-0.2, 0) is 0 Å². The van der Waals surface area contributed by atoms with Crippen LogP contribution in [-0.4, -0.2) is 52.0 Å². The van der Waals surface area contributed by atoms with E-state index >= 15 is 0 Å². The van der Waals surface area contributed by atoms with Crippen molar-refractivity contribution in [3.05, 3.63) is 23.5 Å². The first-order valence-corrected chi connectivity index (χ1v) is 7.84. The lowest BCUT2D eigenvalue weighted by atomic mass is 10.2. The molecule has 1 saturated heterocycles. The van der Waals surface area contributed by atoms with Gasteiger partial charge in [-0.25, -0.2) is 4.98 Å². The number of halogens is 1. The molecule has 0 unspecified atom stereocenters. The molecular weight excluding hydrogens is 294 g/mol. The number of anilines is 1. The predicted molar refractivity (Wildman–Crippen MR) is 82.5 cm³/mol. The summed E-state index contributed by atoms with van der Waals surface area (Å²) in [6.07, 6.45) is 1.68. The van der Waals surface area contributed by atoms with E-state index in [0.717, 1.165) is 49.2 Å². The van der Waals surface area contributed by atoms with Crippen molar-refractivity contribution in [3.8, 4) is 11.4 Å². The number of rotatable bonds is 3. The standard InChI is InChI=1S/C13H16ClN5S/c1-2-18-5-7-19(8-6-18)13-16-12(17-20-13)10-3-4-15-11(14)9-10/h3-4,9H,2,5-8H2,1H3. The van der Waals surface area contributed by atoms with Crippen LogP contribution in [0, 0.1) is 0 Å². The van der Waals surface area contributed by atoms with E-state index in [1.54, 1.807) is 12.3 Å². The molecule has 1 aliphatic rings. The highest BCUT2D eigenvalue weighted by atomic mass is 35.5. The van der Waals surface area contributed by atoms with Crippen LogP contribution in [0.4, 0.5) is 5.13 Å². The van der Waals surface area contributed by atoms with Crippen molar-refractivity contribution in [2.45, 2.75) is 6.92 Å². The van der Waals surface area contributed by atoms with Crippen molar-refractivity contribution in [3.63, 3.8) is 0 Å². The Balaban J connectivity index is 1.74. The van der Waals surface area contributed by atoms with Crippen molar-refractivity contribution in [2.75, 3.05) is 37.6 Å². The lowest BCUT2D eigenvalue weighted by Crippen LogP contribution is -2.46. The molecule has 0 aromatic carbocycles. The van der Waals surface area contributed by atoms with E-state index < -0.39 is 0 Å². The Morgan fingerprint density at radius 3 is 2.80 bits per heavy atom. The van der Waals surface area contributed by atoms with Crippen LogP contribution in [0.25, 0.3) is 11.4 Å². The lowest BCUT2D eigenvalue weighted by molar-refractivity contribution is 0.271. The third-order valence-corrected chi connectivity index (χ3v) is 4.47. The van der Waals surface area contributed by atoms with Crippen molar-refractivity contribution in [1.29, 1.82) is 0 Å². The number of pyridine rings is 1. The molecule has 0 aliphatic carbocycles. The number of hydrogen-bond donors (Lipinski definition) is 0. The molecule has 0 saturated carbocycles. The summed E-state index contributed by atoms with van der Waals surface area (Å²) in [6, 6.07) is 3.68. The highest BCUT2D eigenvalue weighted by molar-refractivity contribution is 7.09. The van der Waals surface area contributed by atoms with Crippen LogP contribution in [0.3, 0.4) is 0 Å². The van der Waals surface area contributed by atoms with E-state index in [4.69, 9.17) is 11.6 Å². The van der Waals surface area contributed by atoms with Gasteiger partial charge in [0.05, 0.1) is 0 Å². The first-order valence-electron chi connectivity index (χ1n) is 6.69. The van der Waals surface area contributed by atoms with Crippen LogP contribution < -0.4 is 4.90 Å². The van der Waals surface area contributed by atoms with Crippen LogP contribution >= 0.6 is 23.1 Å². The van der Waals surface area contributed by atoms with Gasteiger partial charge in [0, 0.05) is 49.5 Å². The van der Waals surface area contributed by atoms with Gasteiger partial charge < -0.3 is 9.80 Å². The second kappa shape index (κ2) is 6.03. The minimum absolute atomic E-state index is 0.468. The van der Waals surface area contributed by atoms with Crippen molar-refractivity contribution < 1.29 is 0 Å². The largest absolute Gasteiger partial charge is 0.344 e. The van der Waals surface area contributed by atoms with E-state index in [1.165, 1.54) is 11.5 Å². The topological polar surface area (TPSA) is 45.2 Å². The number of hydrogen-bond acceptors (Lipinski definition) is 6. The molecule has 3 rings (SSSR count). The van der Waals surface area contributed by atoms with Gasteiger partial charge >= 0.3 is 0 Å². The van der Waals surface area contributed by atoms with Gasteiger partial charge in [-0.3, -0.25) is 0 Å². The Hall–Kier alpha value is -1.24. The van der Waals surface area contributed by atoms with E-state index in [-0.39, 0.29) is 0 Å². The third-order valence-electron chi connectivity index (χ3n) is 3.49. The minimum atomic E-state index is 0.468. The average molecular weight is 310 g/mol. The minimum Gasteiger partial charge on any atom is -0.344 e. The Bertz CT molecular complexity index is 580. The van der Waals surface area contributed by atoms with Gasteiger partial charge in [-0.1, -0.05) is 18.5 Å². The van der Waals surface area contributed by atoms with Gasteiger partial charge in [-0.15, -0.1) is 0 Å². The molecule has 0 radical (unpaired) electrons. The average Bonchev–Trinajstić information content (AvgIpc) is 2.97. The molecule has 3 heterocycles. The van der Waals surface area contributed by atoms with Gasteiger partial charge in [0.15, 0.2) is 5.82 Å². The summed E-state index contributed by atoms with van der Waals surface area (Å²) in [4.78, 5) is 13.3. The first kappa shape index (κ1) is 13.7. The molecule has 0 spiro atoms. The molecule has 1 fully saturated rings. The van der Waals surface area contributed by atoms with Crippen LogP contribution in [0.2, 0.25) is 5.15 Å². The zero-order chi connectivity index (χ0) is 13.9. The second-order valence-electron chi connectivity index (χ2n) is 4.69. The smallest absolute Gasteiger partial charge is 0.205 e. The zero-order valence-electron chi connectivity index (χ0n) is 11.3. The van der Waals surface area contributed by atoms with Gasteiger partial charge in [0.25, 0.3) is 0 Å². The Kier molecular flexibility index (Phi) is 4.14. The predicted octanol–water partition coefficient (Wildman–Crippen LogP) is 2.40. The maximum absolute atomic E-state index is 5.90. The van der Waals surface area contributed by atoms with Gasteiger partial charge in [-0.05, 0) is 18.7 Å². The summed E-state index contributed by atoms with van der Waals surface area (Å²) in [5, 5.41) is 1.46. The summed E-state index contributed by atoms with van der Waals surface area (Å²) >= 11 is 7.35. The Labute approximate surface area is 127 Å². The SMILES string of the molecule is CCN1CCN(c2nc(-c3ccnc(Cl)c3)ns2)CC1. The summed E-state index contributed by atoms with van der Waals surface area (Å²) in [6.45, 7) is 7.52. The summed E-state index contributed by atoms with van der Waals surface area (Å²) in [7, 11) is 0. The molecule has 2 aromatic heterocycles. The lowest BCUT2D eigenvalue weighted by Gasteiger charge is -2.33.